The van der Waals surface area contributed by atoms with Crippen molar-refractivity contribution in [3.05, 3.63) is 0 Å². The van der Waals surface area contributed by atoms with Gasteiger partial charge in [-0.05, 0) is 25.7 Å². The van der Waals surface area contributed by atoms with Crippen molar-refractivity contribution < 1.29 is 19.4 Å². The molecule has 1 aliphatic rings. The molecule has 1 aliphatic carbocycles. The second-order valence-corrected chi connectivity index (χ2v) is 4.14. The SMILES string of the molecule is CCOCCNC(=O)NC(CC(=O)O)C1CC1. The summed E-state index contributed by atoms with van der Waals surface area (Å²) in [4.78, 5) is 22.1. The van der Waals surface area contributed by atoms with Crippen LogP contribution in [-0.4, -0.2) is 42.9 Å². The molecular weight excluding hydrogens is 224 g/mol. The average molecular weight is 244 g/mol. The van der Waals surface area contributed by atoms with Crippen molar-refractivity contribution in [2.75, 3.05) is 19.8 Å². The zero-order chi connectivity index (χ0) is 12.7. The van der Waals surface area contributed by atoms with Crippen molar-refractivity contribution in [3.63, 3.8) is 0 Å². The number of carboxylic acids is 1. The van der Waals surface area contributed by atoms with Gasteiger partial charge >= 0.3 is 12.0 Å². The van der Waals surface area contributed by atoms with Gasteiger partial charge in [-0.1, -0.05) is 0 Å². The highest BCUT2D eigenvalue weighted by Crippen LogP contribution is 2.33. The van der Waals surface area contributed by atoms with Crippen molar-refractivity contribution in [3.8, 4) is 0 Å². The lowest BCUT2D eigenvalue weighted by molar-refractivity contribution is -0.137. The third kappa shape index (κ3) is 6.11. The van der Waals surface area contributed by atoms with Gasteiger partial charge in [-0.25, -0.2) is 4.79 Å². The molecule has 0 aromatic carbocycles. The van der Waals surface area contributed by atoms with Crippen LogP contribution in [0.3, 0.4) is 0 Å². The zero-order valence-electron chi connectivity index (χ0n) is 10.1. The standard InChI is InChI=1S/C11H20N2O4/c1-2-17-6-5-12-11(16)13-9(7-10(14)15)8-3-4-8/h8-9H,2-7H2,1H3,(H,14,15)(H2,12,13,16). The first-order valence-electron chi connectivity index (χ1n) is 5.97. The zero-order valence-corrected chi connectivity index (χ0v) is 10.1. The topological polar surface area (TPSA) is 87.7 Å². The lowest BCUT2D eigenvalue weighted by atomic mass is 10.1. The van der Waals surface area contributed by atoms with Gasteiger partial charge in [-0.3, -0.25) is 4.79 Å². The van der Waals surface area contributed by atoms with Gasteiger partial charge in [0.25, 0.3) is 0 Å². The Morgan fingerprint density at radius 2 is 2.18 bits per heavy atom. The molecule has 0 saturated heterocycles. The van der Waals surface area contributed by atoms with Crippen LogP contribution in [0.2, 0.25) is 0 Å². The Balaban J connectivity index is 2.19. The summed E-state index contributed by atoms with van der Waals surface area (Å²) in [5.74, 6) is -0.555. The predicted octanol–water partition coefficient (Wildman–Crippen LogP) is 0.575. The Hall–Kier alpha value is -1.30. The van der Waals surface area contributed by atoms with E-state index < -0.39 is 5.97 Å². The molecular formula is C11H20N2O4. The number of hydrogen-bond donors (Lipinski definition) is 3. The predicted molar refractivity (Wildman–Crippen MR) is 61.8 cm³/mol. The van der Waals surface area contributed by atoms with Crippen LogP contribution in [-0.2, 0) is 9.53 Å². The van der Waals surface area contributed by atoms with E-state index in [0.717, 1.165) is 12.8 Å². The van der Waals surface area contributed by atoms with Gasteiger partial charge < -0.3 is 20.5 Å². The van der Waals surface area contributed by atoms with Crippen molar-refractivity contribution in [2.45, 2.75) is 32.2 Å². The molecule has 6 nitrogen and oxygen atoms in total. The average Bonchev–Trinajstić information content (AvgIpc) is 3.06. The number of carbonyl (C=O) groups excluding carboxylic acids is 1. The Morgan fingerprint density at radius 1 is 1.47 bits per heavy atom. The fourth-order valence-corrected chi connectivity index (χ4v) is 1.62. The minimum absolute atomic E-state index is 0.0104. The van der Waals surface area contributed by atoms with Crippen LogP contribution in [0, 0.1) is 5.92 Å². The molecule has 1 fully saturated rings. The largest absolute Gasteiger partial charge is 0.481 e. The van der Waals surface area contributed by atoms with Crippen molar-refractivity contribution in [2.24, 2.45) is 5.92 Å². The van der Waals surface area contributed by atoms with E-state index in [0.29, 0.717) is 25.7 Å². The first kappa shape index (κ1) is 13.8. The summed E-state index contributed by atoms with van der Waals surface area (Å²) in [6.45, 7) is 3.41. The smallest absolute Gasteiger partial charge is 0.315 e. The number of hydrogen-bond acceptors (Lipinski definition) is 3. The molecule has 2 amide bonds. The van der Waals surface area contributed by atoms with E-state index in [1.165, 1.54) is 0 Å². The van der Waals surface area contributed by atoms with E-state index in [4.69, 9.17) is 9.84 Å². The lowest BCUT2D eigenvalue weighted by Crippen LogP contribution is -2.45. The Bertz CT molecular complexity index is 266. The van der Waals surface area contributed by atoms with E-state index in [9.17, 15) is 9.59 Å². The van der Waals surface area contributed by atoms with E-state index in [1.807, 2.05) is 6.92 Å². The van der Waals surface area contributed by atoms with Crippen LogP contribution in [0.4, 0.5) is 4.79 Å². The second kappa shape index (κ2) is 7.11. The molecule has 0 aliphatic heterocycles. The Labute approximate surface area is 101 Å². The number of urea groups is 1. The van der Waals surface area contributed by atoms with Gasteiger partial charge in [0, 0.05) is 19.2 Å². The van der Waals surface area contributed by atoms with Gasteiger partial charge in [0.05, 0.1) is 13.0 Å². The fourth-order valence-electron chi connectivity index (χ4n) is 1.62. The monoisotopic (exact) mass is 244 g/mol. The number of rotatable bonds is 8. The summed E-state index contributed by atoms with van der Waals surface area (Å²) in [5.41, 5.74) is 0. The van der Waals surface area contributed by atoms with Gasteiger partial charge in [0.2, 0.25) is 0 Å². The minimum Gasteiger partial charge on any atom is -0.481 e. The van der Waals surface area contributed by atoms with Crippen LogP contribution in [0.1, 0.15) is 26.2 Å². The first-order chi connectivity index (χ1) is 8.13. The molecule has 1 rings (SSSR count). The second-order valence-electron chi connectivity index (χ2n) is 4.14. The summed E-state index contributed by atoms with van der Waals surface area (Å²) in [7, 11) is 0. The maximum absolute atomic E-state index is 11.5. The maximum atomic E-state index is 11.5. The summed E-state index contributed by atoms with van der Waals surface area (Å²) in [6, 6.07) is -0.567. The van der Waals surface area contributed by atoms with Crippen LogP contribution < -0.4 is 10.6 Å². The van der Waals surface area contributed by atoms with Crippen LogP contribution in [0.5, 0.6) is 0 Å². The summed E-state index contributed by atoms with van der Waals surface area (Å²) in [5, 5.41) is 14.1. The maximum Gasteiger partial charge on any atom is 0.315 e. The van der Waals surface area contributed by atoms with Crippen molar-refractivity contribution in [1.82, 2.24) is 10.6 Å². The number of carbonyl (C=O) groups is 2. The molecule has 3 N–H and O–H groups in total. The van der Waals surface area contributed by atoms with E-state index in [-0.39, 0.29) is 18.5 Å². The lowest BCUT2D eigenvalue weighted by Gasteiger charge is -2.16. The van der Waals surface area contributed by atoms with E-state index in [1.54, 1.807) is 0 Å². The highest BCUT2D eigenvalue weighted by molar-refractivity contribution is 5.75. The molecule has 1 saturated carbocycles. The Morgan fingerprint density at radius 3 is 2.71 bits per heavy atom. The molecule has 0 bridgehead atoms. The number of aliphatic carboxylic acids is 1. The van der Waals surface area contributed by atoms with Crippen molar-refractivity contribution >= 4 is 12.0 Å². The van der Waals surface area contributed by atoms with E-state index >= 15 is 0 Å². The third-order valence-corrected chi connectivity index (χ3v) is 2.64. The number of nitrogens with one attached hydrogen (secondary N) is 2. The van der Waals surface area contributed by atoms with Crippen LogP contribution in [0.15, 0.2) is 0 Å². The third-order valence-electron chi connectivity index (χ3n) is 2.64. The van der Waals surface area contributed by atoms with Gasteiger partial charge in [-0.2, -0.15) is 0 Å². The molecule has 0 radical (unpaired) electrons. The molecule has 0 aromatic heterocycles. The fraction of sp³-hybridized carbons (Fsp3) is 0.818. The highest BCUT2D eigenvalue weighted by Gasteiger charge is 2.33. The number of carboxylic acid groups (broad SMARTS) is 1. The molecule has 0 spiro atoms. The van der Waals surface area contributed by atoms with Gasteiger partial charge in [0.15, 0.2) is 0 Å². The molecule has 1 atom stereocenters. The minimum atomic E-state index is -0.878. The van der Waals surface area contributed by atoms with E-state index in [2.05, 4.69) is 10.6 Å². The number of amides is 2. The van der Waals surface area contributed by atoms with Crippen molar-refractivity contribution in [1.29, 1.82) is 0 Å². The molecule has 98 valence electrons. The quantitative estimate of drug-likeness (QED) is 0.545. The molecule has 1 unspecified atom stereocenters. The summed E-state index contributed by atoms with van der Waals surface area (Å²) in [6.07, 6.45) is 1.98. The van der Waals surface area contributed by atoms with Gasteiger partial charge in [-0.15, -0.1) is 0 Å². The molecule has 6 heteroatoms. The van der Waals surface area contributed by atoms with Gasteiger partial charge in [0.1, 0.15) is 0 Å². The van der Waals surface area contributed by atoms with Crippen LogP contribution >= 0.6 is 0 Å². The molecule has 17 heavy (non-hydrogen) atoms. The normalized spacial score (nSPS) is 16.3. The summed E-state index contributed by atoms with van der Waals surface area (Å²) < 4.78 is 5.08. The summed E-state index contributed by atoms with van der Waals surface area (Å²) >= 11 is 0. The molecule has 0 aromatic rings. The first-order valence-corrected chi connectivity index (χ1v) is 5.97. The van der Waals surface area contributed by atoms with Crippen LogP contribution in [0.25, 0.3) is 0 Å². The Kier molecular flexibility index (Phi) is 5.76. The number of ether oxygens (including phenoxy) is 1. The molecule has 0 heterocycles. The highest BCUT2D eigenvalue weighted by atomic mass is 16.5.